The highest BCUT2D eigenvalue weighted by molar-refractivity contribution is 4.76. The van der Waals surface area contributed by atoms with Gasteiger partial charge in [0.1, 0.15) is 0 Å². The summed E-state index contributed by atoms with van der Waals surface area (Å²) < 4.78 is 32.3. The zero-order valence-corrected chi connectivity index (χ0v) is 32.8. The highest BCUT2D eigenvalue weighted by atomic mass is 16.9. The zero-order chi connectivity index (χ0) is 35.9. The summed E-state index contributed by atoms with van der Waals surface area (Å²) in [5.41, 5.74) is 0. The average Bonchev–Trinajstić information content (AvgIpc) is 3.12. The minimum Gasteiger partial charge on any atom is -0.395 e. The van der Waals surface area contributed by atoms with Crippen LogP contribution in [-0.2, 0) is 28.4 Å². The van der Waals surface area contributed by atoms with Crippen LogP contribution in [0.4, 0.5) is 0 Å². The quantitative estimate of drug-likeness (QED) is 0.0508. The smallest absolute Gasteiger partial charge is 0.282 e. The highest BCUT2D eigenvalue weighted by Gasteiger charge is 2.29. The Kier molecular flexibility index (Phi) is 31.1. The predicted molar refractivity (Wildman–Crippen MR) is 196 cm³/mol. The lowest BCUT2D eigenvalue weighted by atomic mass is 10.0. The Labute approximate surface area is 296 Å². The average molecular weight is 693 g/mol. The van der Waals surface area contributed by atoms with E-state index in [1.165, 1.54) is 77.0 Å². The molecule has 0 aliphatic heterocycles. The predicted octanol–water partition coefficient (Wildman–Crippen LogP) is 7.34. The van der Waals surface area contributed by atoms with Gasteiger partial charge in [-0.15, -0.1) is 0 Å². The molecule has 2 atom stereocenters. The number of methoxy groups -OCH3 is 6. The molecule has 290 valence electrons. The summed E-state index contributed by atoms with van der Waals surface area (Å²) in [7, 11) is 9.75. The summed E-state index contributed by atoms with van der Waals surface area (Å²) in [6.07, 6.45) is 22.9. The lowest BCUT2D eigenvalue weighted by molar-refractivity contribution is -0.355. The van der Waals surface area contributed by atoms with Gasteiger partial charge in [0.2, 0.25) is 0 Å². The monoisotopic (exact) mass is 693 g/mol. The fourth-order valence-corrected chi connectivity index (χ4v) is 7.08. The molecule has 0 heterocycles. The van der Waals surface area contributed by atoms with Crippen LogP contribution in [0.3, 0.4) is 0 Å². The van der Waals surface area contributed by atoms with Gasteiger partial charge in [0.25, 0.3) is 11.9 Å². The van der Waals surface area contributed by atoms with Gasteiger partial charge in [0.15, 0.2) is 0 Å². The molecule has 0 aliphatic carbocycles. The van der Waals surface area contributed by atoms with Crippen LogP contribution in [-0.4, -0.2) is 126 Å². The second kappa shape index (κ2) is 31.3. The number of ether oxygens (including phenoxy) is 6. The van der Waals surface area contributed by atoms with Crippen molar-refractivity contribution in [3.8, 4) is 0 Å². The third-order valence-corrected chi connectivity index (χ3v) is 10.3. The minimum absolute atomic E-state index is 0.191. The molecule has 0 aromatic heterocycles. The Balaban J connectivity index is 4.48. The molecular formula is C38H80N2O8. The van der Waals surface area contributed by atoms with E-state index in [9.17, 15) is 10.2 Å². The summed E-state index contributed by atoms with van der Waals surface area (Å²) in [6, 6.07) is 0.988. The zero-order valence-electron chi connectivity index (χ0n) is 32.8. The number of nitrogens with zero attached hydrogens (tertiary/aromatic N) is 2. The molecule has 0 fully saturated rings. The fraction of sp³-hybridized carbons (Fsp3) is 1.00. The Morgan fingerprint density at radius 3 is 0.938 bits per heavy atom. The third kappa shape index (κ3) is 20.4. The lowest BCUT2D eigenvalue weighted by Crippen LogP contribution is -2.46. The van der Waals surface area contributed by atoms with Gasteiger partial charge in [0.05, 0.1) is 13.2 Å². The molecule has 0 aromatic rings. The summed E-state index contributed by atoms with van der Waals surface area (Å²) in [6.45, 7) is 8.26. The molecule has 0 aromatic carbocycles. The van der Waals surface area contributed by atoms with Gasteiger partial charge in [-0.05, 0) is 38.5 Å². The number of unbranched alkanes of at least 4 members (excludes halogenated alkanes) is 12. The molecule has 0 aliphatic rings. The maximum Gasteiger partial charge on any atom is 0.282 e. The maximum atomic E-state index is 9.88. The van der Waals surface area contributed by atoms with Gasteiger partial charge >= 0.3 is 0 Å². The Morgan fingerprint density at radius 2 is 0.688 bits per heavy atom. The van der Waals surface area contributed by atoms with Crippen molar-refractivity contribution < 1.29 is 38.6 Å². The van der Waals surface area contributed by atoms with E-state index in [1.54, 1.807) is 42.7 Å². The second-order valence-corrected chi connectivity index (χ2v) is 13.3. The Hall–Kier alpha value is -0.400. The van der Waals surface area contributed by atoms with E-state index in [1.807, 2.05) is 0 Å². The Bertz CT molecular complexity index is 609. The van der Waals surface area contributed by atoms with E-state index in [0.29, 0.717) is 12.1 Å². The van der Waals surface area contributed by atoms with Gasteiger partial charge in [-0.3, -0.25) is 9.80 Å². The number of aliphatic hydroxyl groups excluding tert-OH is 2. The van der Waals surface area contributed by atoms with Crippen LogP contribution in [0.2, 0.25) is 0 Å². The van der Waals surface area contributed by atoms with Crippen molar-refractivity contribution in [2.24, 2.45) is 0 Å². The first-order chi connectivity index (χ1) is 23.3. The van der Waals surface area contributed by atoms with Gasteiger partial charge in [-0.1, -0.05) is 90.9 Å². The molecule has 0 saturated carbocycles. The summed E-state index contributed by atoms with van der Waals surface area (Å²) >= 11 is 0. The van der Waals surface area contributed by atoms with Crippen LogP contribution in [0.1, 0.15) is 142 Å². The number of hydrogen-bond acceptors (Lipinski definition) is 10. The van der Waals surface area contributed by atoms with Crippen LogP contribution in [0.15, 0.2) is 0 Å². The molecular weight excluding hydrogens is 612 g/mol. The van der Waals surface area contributed by atoms with Crippen LogP contribution in [0, 0.1) is 0 Å². The number of hydrogen-bond donors (Lipinski definition) is 2. The fourth-order valence-electron chi connectivity index (χ4n) is 7.08. The van der Waals surface area contributed by atoms with E-state index < -0.39 is 11.9 Å². The Morgan fingerprint density at radius 1 is 0.417 bits per heavy atom. The van der Waals surface area contributed by atoms with Crippen LogP contribution in [0.5, 0.6) is 0 Å². The second-order valence-electron chi connectivity index (χ2n) is 13.3. The maximum absolute atomic E-state index is 9.88. The lowest BCUT2D eigenvalue weighted by Gasteiger charge is -2.36. The molecule has 48 heavy (non-hydrogen) atoms. The summed E-state index contributed by atoms with van der Waals surface area (Å²) in [4.78, 5) is 5.00. The van der Waals surface area contributed by atoms with Crippen molar-refractivity contribution in [3.05, 3.63) is 0 Å². The van der Waals surface area contributed by atoms with Crippen molar-refractivity contribution in [2.45, 2.75) is 166 Å². The van der Waals surface area contributed by atoms with Crippen LogP contribution >= 0.6 is 0 Å². The van der Waals surface area contributed by atoms with Crippen molar-refractivity contribution >= 4 is 0 Å². The van der Waals surface area contributed by atoms with Crippen LogP contribution in [0.25, 0.3) is 0 Å². The van der Waals surface area contributed by atoms with Crippen molar-refractivity contribution in [1.82, 2.24) is 9.80 Å². The SMILES string of the molecule is CCC(CCCCCCCCCC(OC)(OC)OC)N(CCO)CCN(CCO)C(CC)CCCCCCCCCC(OC)(OC)OC. The topological polar surface area (TPSA) is 102 Å². The van der Waals surface area contributed by atoms with E-state index in [-0.39, 0.29) is 13.2 Å². The molecule has 2 N–H and O–H groups in total. The van der Waals surface area contributed by atoms with E-state index in [4.69, 9.17) is 28.4 Å². The molecule has 2 unspecified atom stereocenters. The van der Waals surface area contributed by atoms with Gasteiger partial charge in [0, 0.05) is 93.8 Å². The van der Waals surface area contributed by atoms with Gasteiger partial charge in [-0.2, -0.15) is 0 Å². The van der Waals surface area contributed by atoms with E-state index in [0.717, 1.165) is 77.5 Å². The van der Waals surface area contributed by atoms with Gasteiger partial charge in [-0.25, -0.2) is 0 Å². The molecule has 10 nitrogen and oxygen atoms in total. The van der Waals surface area contributed by atoms with Crippen molar-refractivity contribution in [1.29, 1.82) is 0 Å². The highest BCUT2D eigenvalue weighted by Crippen LogP contribution is 2.23. The standard InChI is InChI=1S/C38H80N2O8/c1-9-35(25-21-17-13-11-15-19-23-27-37(43-3,44-4)45-5)39(31-33-41)29-30-40(32-34-42)36(10-2)26-22-18-14-12-16-20-24-28-38(46-6,47-7)48-8/h35-36,41-42H,9-34H2,1-8H3. The number of rotatable bonds is 37. The molecule has 0 radical (unpaired) electrons. The molecule has 10 heteroatoms. The molecule has 0 rings (SSSR count). The first-order valence-electron chi connectivity index (χ1n) is 19.3. The first-order valence-corrected chi connectivity index (χ1v) is 19.3. The molecule has 0 spiro atoms. The molecule has 0 saturated heterocycles. The van der Waals surface area contributed by atoms with E-state index in [2.05, 4.69) is 23.6 Å². The summed E-state index contributed by atoms with van der Waals surface area (Å²) in [5.74, 6) is -1.81. The molecule has 0 bridgehead atoms. The van der Waals surface area contributed by atoms with Gasteiger partial charge < -0.3 is 38.6 Å². The van der Waals surface area contributed by atoms with Crippen molar-refractivity contribution in [2.75, 3.05) is 82.1 Å². The minimum atomic E-state index is -0.904. The normalized spacial score (nSPS) is 14.0. The van der Waals surface area contributed by atoms with Crippen molar-refractivity contribution in [3.63, 3.8) is 0 Å². The van der Waals surface area contributed by atoms with E-state index >= 15 is 0 Å². The first kappa shape index (κ1) is 47.6. The third-order valence-electron chi connectivity index (χ3n) is 10.3. The number of aliphatic hydroxyl groups is 2. The largest absolute Gasteiger partial charge is 0.395 e. The molecule has 0 amide bonds. The van der Waals surface area contributed by atoms with Crippen LogP contribution < -0.4 is 0 Å². The summed E-state index contributed by atoms with van der Waals surface area (Å²) in [5, 5.41) is 19.8.